The Morgan fingerprint density at radius 2 is 0.444 bits per heavy atom. The second-order valence-electron chi connectivity index (χ2n) is 0.447. The maximum atomic E-state index is 8.25. The molecule has 0 saturated carbocycles. The molecule has 18 N–H and O–H groups in total. The van der Waals surface area contributed by atoms with Crippen LogP contribution in [-0.2, 0) is 16.5 Å². The normalized spacial score (nSPS) is 2.67. The molecule has 128 valence electrons. The smallest absolute Gasteiger partial charge is 0.412 e. The molecule has 0 bridgehead atoms. The molecule has 17 nitrogen and oxygen atoms in total. The topological polar surface area (TPSA) is 416 Å². The molecule has 0 atom stereocenters. The predicted octanol–water partition coefficient (Wildman–Crippen LogP) is -7.90. The molecule has 18 heavy (non-hydrogen) atoms. The van der Waals surface area contributed by atoms with Crippen LogP contribution in [0.15, 0.2) is 0 Å². The summed E-state index contributed by atoms with van der Waals surface area (Å²) in [5, 5.41) is 29.5. The molecule has 0 spiro atoms. The molecule has 0 radical (unpaired) electrons. The average Bonchev–Trinajstić information content (AvgIpc) is 1.25. The first-order valence-corrected chi connectivity index (χ1v) is 1.10. The maximum absolute atomic E-state index is 8.25. The zero-order chi connectivity index (χ0) is 7.15. The number of rotatable bonds is 0. The SMILES string of the molecule is O.O.O.O.O.O.O.O.O.O=[N+]([O-])[O-].O=[N+]([O-])[O-].[Ni+2]. The summed E-state index contributed by atoms with van der Waals surface area (Å²) in [6.07, 6.45) is 0. The van der Waals surface area contributed by atoms with Gasteiger partial charge in [-0.1, -0.05) is 0 Å². The van der Waals surface area contributed by atoms with Gasteiger partial charge in [0.25, 0.3) is 0 Å². The first-order valence-electron chi connectivity index (χ1n) is 1.10. The van der Waals surface area contributed by atoms with Gasteiger partial charge in [-0.2, -0.15) is 0 Å². The first kappa shape index (κ1) is 194. The minimum Gasteiger partial charge on any atom is -0.412 e. The van der Waals surface area contributed by atoms with E-state index in [2.05, 4.69) is 0 Å². The van der Waals surface area contributed by atoms with Crippen molar-refractivity contribution >= 4 is 0 Å². The van der Waals surface area contributed by atoms with Gasteiger partial charge in [-0.15, -0.1) is 0 Å². The minimum atomic E-state index is -1.75. The monoisotopic (exact) mass is 344 g/mol. The van der Waals surface area contributed by atoms with Gasteiger partial charge in [0.1, 0.15) is 0 Å². The average molecular weight is 345 g/mol. The molecule has 0 aliphatic carbocycles. The molecule has 0 aromatic carbocycles. The van der Waals surface area contributed by atoms with E-state index in [9.17, 15) is 0 Å². The zero-order valence-electron chi connectivity index (χ0n) is 8.16. The third-order valence-electron chi connectivity index (χ3n) is 0. The largest absolute Gasteiger partial charge is 2.00 e. The Labute approximate surface area is 108 Å². The summed E-state index contributed by atoms with van der Waals surface area (Å²) in [5.74, 6) is 0. The van der Waals surface area contributed by atoms with E-state index < -0.39 is 10.2 Å². The Morgan fingerprint density at radius 1 is 0.444 bits per heavy atom. The molecular formula is H18N2NiO15. The van der Waals surface area contributed by atoms with Crippen LogP contribution in [0.4, 0.5) is 0 Å². The van der Waals surface area contributed by atoms with Crippen molar-refractivity contribution < 1.29 is 76.0 Å². The summed E-state index contributed by atoms with van der Waals surface area (Å²) in [7, 11) is 0. The van der Waals surface area contributed by atoms with E-state index >= 15 is 0 Å². The molecule has 0 aromatic rings. The van der Waals surface area contributed by atoms with Gasteiger partial charge < -0.3 is 79.9 Å². The van der Waals surface area contributed by atoms with Crippen molar-refractivity contribution in [3.8, 4) is 0 Å². The molecule has 0 heterocycles. The number of nitrogens with zero attached hydrogens (tertiary/aromatic N) is 2. The Kier molecular flexibility index (Phi) is 1720. The molecule has 0 rings (SSSR count). The Bertz CT molecular complexity index is 72.5. The molecule has 0 unspecified atom stereocenters. The van der Waals surface area contributed by atoms with Crippen LogP contribution in [0.25, 0.3) is 0 Å². The molecule has 0 aliphatic heterocycles. The van der Waals surface area contributed by atoms with E-state index in [1.165, 1.54) is 0 Å². The molecule has 0 aromatic heterocycles. The second-order valence-corrected chi connectivity index (χ2v) is 0.447. The number of hydrogen-bond acceptors (Lipinski definition) is 6. The summed E-state index contributed by atoms with van der Waals surface area (Å²) < 4.78 is 0. The van der Waals surface area contributed by atoms with E-state index in [0.717, 1.165) is 0 Å². The van der Waals surface area contributed by atoms with Crippen molar-refractivity contribution in [3.63, 3.8) is 0 Å². The molecule has 0 saturated heterocycles. The Hall–Kier alpha value is -1.47. The van der Waals surface area contributed by atoms with Crippen molar-refractivity contribution in [1.29, 1.82) is 0 Å². The molecule has 0 amide bonds. The molecule has 0 aliphatic rings. The van der Waals surface area contributed by atoms with E-state index in [0.29, 0.717) is 0 Å². The predicted molar refractivity (Wildman–Crippen MR) is 53.2 cm³/mol. The summed E-state index contributed by atoms with van der Waals surface area (Å²) in [5.41, 5.74) is 0. The van der Waals surface area contributed by atoms with Crippen LogP contribution < -0.4 is 0 Å². The van der Waals surface area contributed by atoms with Gasteiger partial charge in [-0.3, -0.25) is 0 Å². The summed E-state index contributed by atoms with van der Waals surface area (Å²) in [6.45, 7) is 0. The van der Waals surface area contributed by atoms with Crippen LogP contribution in [0.2, 0.25) is 0 Å². The summed E-state index contributed by atoms with van der Waals surface area (Å²) >= 11 is 0. The van der Waals surface area contributed by atoms with Gasteiger partial charge in [-0.05, 0) is 0 Å². The van der Waals surface area contributed by atoms with Crippen molar-refractivity contribution in [2.45, 2.75) is 0 Å². The molecular weight excluding hydrogens is 327 g/mol. The Balaban J connectivity index is -0.00000000257. The minimum absolute atomic E-state index is 0. The summed E-state index contributed by atoms with van der Waals surface area (Å²) in [4.78, 5) is 16.5. The van der Waals surface area contributed by atoms with Crippen LogP contribution in [0, 0.1) is 30.6 Å². The second kappa shape index (κ2) is 160. The van der Waals surface area contributed by atoms with Crippen LogP contribution in [0.1, 0.15) is 0 Å². The van der Waals surface area contributed by atoms with Gasteiger partial charge in [-0.25, -0.2) is 0 Å². The van der Waals surface area contributed by atoms with Gasteiger partial charge >= 0.3 is 16.5 Å². The molecule has 0 fully saturated rings. The van der Waals surface area contributed by atoms with Gasteiger partial charge in [0, 0.05) is 0 Å². The Morgan fingerprint density at radius 3 is 0.444 bits per heavy atom. The van der Waals surface area contributed by atoms with Crippen LogP contribution in [-0.4, -0.2) is 59.5 Å². The van der Waals surface area contributed by atoms with Crippen molar-refractivity contribution in [1.82, 2.24) is 0 Å². The van der Waals surface area contributed by atoms with Crippen LogP contribution >= 0.6 is 0 Å². The fourth-order valence-electron chi connectivity index (χ4n) is 0. The van der Waals surface area contributed by atoms with E-state index in [-0.39, 0.29) is 65.8 Å². The van der Waals surface area contributed by atoms with Gasteiger partial charge in [0.15, 0.2) is 0 Å². The fourth-order valence-corrected chi connectivity index (χ4v) is 0. The molecule has 18 heteroatoms. The zero-order valence-corrected chi connectivity index (χ0v) is 9.15. The summed E-state index contributed by atoms with van der Waals surface area (Å²) in [6, 6.07) is 0. The third kappa shape index (κ3) is 1240. The first-order chi connectivity index (χ1) is 3.46. The van der Waals surface area contributed by atoms with Crippen LogP contribution in [0.5, 0.6) is 0 Å². The number of hydrogen-bond donors (Lipinski definition) is 0. The quantitative estimate of drug-likeness (QED) is 0.232. The third-order valence-corrected chi connectivity index (χ3v) is 0. The van der Waals surface area contributed by atoms with Crippen molar-refractivity contribution in [2.75, 3.05) is 0 Å². The van der Waals surface area contributed by atoms with Crippen molar-refractivity contribution in [2.24, 2.45) is 0 Å². The van der Waals surface area contributed by atoms with Crippen LogP contribution in [0.3, 0.4) is 0 Å². The van der Waals surface area contributed by atoms with Gasteiger partial charge in [0.05, 0.1) is 10.2 Å². The fraction of sp³-hybridized carbons (Fsp3) is 0. The standard InChI is InChI=1S/2NO3.Ni.9H2O/c2*2-1(3)4;;;;;;;;;;/h;;;9*1H2/q2*-1;+2;;;;;;;;;. The van der Waals surface area contributed by atoms with Gasteiger partial charge in [0.2, 0.25) is 0 Å². The van der Waals surface area contributed by atoms with E-state index in [4.69, 9.17) is 30.6 Å². The van der Waals surface area contributed by atoms with Crippen molar-refractivity contribution in [3.05, 3.63) is 30.6 Å². The maximum Gasteiger partial charge on any atom is 2.00 e. The van der Waals surface area contributed by atoms with E-state index in [1.54, 1.807) is 0 Å². The van der Waals surface area contributed by atoms with E-state index in [1.807, 2.05) is 0 Å².